The van der Waals surface area contributed by atoms with Crippen molar-refractivity contribution in [1.29, 1.82) is 0 Å². The number of hydrogen-bond donors (Lipinski definition) is 2. The molecule has 0 bridgehead atoms. The Morgan fingerprint density at radius 3 is 2.58 bits per heavy atom. The Hall–Kier alpha value is -2.71. The van der Waals surface area contributed by atoms with Crippen LogP contribution >= 0.6 is 0 Å². The number of hydrogen-bond acceptors (Lipinski definition) is 5. The summed E-state index contributed by atoms with van der Waals surface area (Å²) in [5.41, 5.74) is 2.57. The van der Waals surface area contributed by atoms with Crippen LogP contribution in [0.15, 0.2) is 47.4 Å². The predicted molar refractivity (Wildman–Crippen MR) is 95.2 cm³/mol. The Labute approximate surface area is 151 Å². The van der Waals surface area contributed by atoms with E-state index in [1.165, 1.54) is 13.2 Å². The number of amides is 1. The van der Waals surface area contributed by atoms with Gasteiger partial charge in [-0.2, -0.15) is 0 Å². The van der Waals surface area contributed by atoms with E-state index in [1.807, 2.05) is 0 Å². The van der Waals surface area contributed by atoms with Gasteiger partial charge in [0, 0.05) is 18.7 Å². The van der Waals surface area contributed by atoms with Crippen molar-refractivity contribution in [2.75, 3.05) is 12.4 Å². The molecule has 7 nitrogen and oxygen atoms in total. The molecular weight excluding hydrogens is 356 g/mol. The van der Waals surface area contributed by atoms with Gasteiger partial charge in [0.15, 0.2) is 0 Å². The summed E-state index contributed by atoms with van der Waals surface area (Å²) < 4.78 is 32.2. The van der Waals surface area contributed by atoms with Crippen molar-refractivity contribution in [1.82, 2.24) is 4.72 Å². The van der Waals surface area contributed by atoms with E-state index in [2.05, 4.69) is 14.8 Å². The first-order valence-corrected chi connectivity index (χ1v) is 9.47. The van der Waals surface area contributed by atoms with Crippen LogP contribution in [-0.4, -0.2) is 27.4 Å². The van der Waals surface area contributed by atoms with Crippen molar-refractivity contribution >= 4 is 27.6 Å². The predicted octanol–water partition coefficient (Wildman–Crippen LogP) is 1.84. The number of fused-ring (bicyclic) bond motifs is 1. The molecule has 1 heterocycles. The molecule has 8 heteroatoms. The summed E-state index contributed by atoms with van der Waals surface area (Å²) >= 11 is 0. The van der Waals surface area contributed by atoms with Crippen LogP contribution in [0.5, 0.6) is 0 Å². The lowest BCUT2D eigenvalue weighted by Crippen LogP contribution is -2.24. The van der Waals surface area contributed by atoms with Gasteiger partial charge in [-0.05, 0) is 47.9 Å². The summed E-state index contributed by atoms with van der Waals surface area (Å²) in [6.45, 7) is 0.0948. The van der Waals surface area contributed by atoms with E-state index < -0.39 is 16.0 Å². The van der Waals surface area contributed by atoms with E-state index in [1.54, 1.807) is 36.4 Å². The number of rotatable bonds is 5. The Kier molecular flexibility index (Phi) is 5.06. The molecule has 0 aromatic heterocycles. The lowest BCUT2D eigenvalue weighted by molar-refractivity contribution is -0.116. The fourth-order valence-corrected chi connectivity index (χ4v) is 3.73. The molecule has 3 rings (SSSR count). The molecule has 1 aliphatic heterocycles. The van der Waals surface area contributed by atoms with Crippen molar-refractivity contribution < 1.29 is 22.7 Å². The first-order valence-electron chi connectivity index (χ1n) is 7.99. The van der Waals surface area contributed by atoms with Gasteiger partial charge in [0.05, 0.1) is 17.6 Å². The highest BCUT2D eigenvalue weighted by Crippen LogP contribution is 2.25. The van der Waals surface area contributed by atoms with Crippen molar-refractivity contribution in [3.05, 3.63) is 59.2 Å². The van der Waals surface area contributed by atoms with Gasteiger partial charge >= 0.3 is 5.97 Å². The highest BCUT2D eigenvalue weighted by atomic mass is 32.2. The molecule has 136 valence electrons. The van der Waals surface area contributed by atoms with Crippen LogP contribution in [0.2, 0.25) is 0 Å². The van der Waals surface area contributed by atoms with E-state index in [9.17, 15) is 18.0 Å². The number of nitrogens with one attached hydrogen (secondary N) is 2. The van der Waals surface area contributed by atoms with Crippen LogP contribution in [0, 0.1) is 0 Å². The SMILES string of the molecule is COC(=O)c1ccc(CNS(=O)(=O)c2ccc3c(c2)CCC(=O)N3)cc1. The molecule has 0 spiro atoms. The largest absolute Gasteiger partial charge is 0.465 e. The number of carbonyl (C=O) groups is 2. The van der Waals surface area contributed by atoms with Crippen molar-refractivity contribution in [3.63, 3.8) is 0 Å². The Balaban J connectivity index is 1.71. The van der Waals surface area contributed by atoms with E-state index >= 15 is 0 Å². The number of esters is 1. The molecule has 0 aliphatic carbocycles. The van der Waals surface area contributed by atoms with Crippen molar-refractivity contribution in [2.45, 2.75) is 24.3 Å². The summed E-state index contributed by atoms with van der Waals surface area (Å²) in [4.78, 5) is 22.9. The van der Waals surface area contributed by atoms with Crippen LogP contribution in [0.3, 0.4) is 0 Å². The zero-order valence-corrected chi connectivity index (χ0v) is 14.9. The van der Waals surface area contributed by atoms with E-state index in [-0.39, 0.29) is 17.3 Å². The van der Waals surface area contributed by atoms with Gasteiger partial charge in [0.25, 0.3) is 0 Å². The van der Waals surface area contributed by atoms with Gasteiger partial charge in [-0.25, -0.2) is 17.9 Å². The van der Waals surface area contributed by atoms with Gasteiger partial charge < -0.3 is 10.1 Å². The minimum Gasteiger partial charge on any atom is -0.465 e. The summed E-state index contributed by atoms with van der Waals surface area (Å²) in [6.07, 6.45) is 0.857. The van der Waals surface area contributed by atoms with E-state index in [4.69, 9.17) is 0 Å². The third-order valence-electron chi connectivity index (χ3n) is 4.12. The van der Waals surface area contributed by atoms with Crippen LogP contribution in [-0.2, 0) is 32.5 Å². The molecular formula is C18H18N2O5S. The minimum atomic E-state index is -3.69. The standard InChI is InChI=1S/C18H18N2O5S/c1-25-18(22)13-4-2-12(3-5-13)11-19-26(23,24)15-7-8-16-14(10-15)6-9-17(21)20-16/h2-5,7-8,10,19H,6,9,11H2,1H3,(H,20,21). The topological polar surface area (TPSA) is 102 Å². The third kappa shape index (κ3) is 3.92. The van der Waals surface area contributed by atoms with Crippen LogP contribution in [0.25, 0.3) is 0 Å². The van der Waals surface area contributed by atoms with Crippen LogP contribution < -0.4 is 10.0 Å². The number of ether oxygens (including phenoxy) is 1. The molecule has 0 radical (unpaired) electrons. The molecule has 2 N–H and O–H groups in total. The summed E-state index contributed by atoms with van der Waals surface area (Å²) in [7, 11) is -2.39. The van der Waals surface area contributed by atoms with Crippen LogP contribution in [0.1, 0.15) is 27.9 Å². The second-order valence-corrected chi connectivity index (χ2v) is 7.65. The third-order valence-corrected chi connectivity index (χ3v) is 5.52. The maximum atomic E-state index is 12.5. The normalized spacial score (nSPS) is 13.7. The van der Waals surface area contributed by atoms with Gasteiger partial charge in [-0.15, -0.1) is 0 Å². The van der Waals surface area contributed by atoms with Crippen molar-refractivity contribution in [3.8, 4) is 0 Å². The molecule has 1 amide bonds. The Bertz CT molecular complexity index is 952. The summed E-state index contributed by atoms with van der Waals surface area (Å²) in [5.74, 6) is -0.514. The van der Waals surface area contributed by atoms with Crippen molar-refractivity contribution in [2.24, 2.45) is 0 Å². The average Bonchev–Trinajstić information content (AvgIpc) is 2.65. The maximum absolute atomic E-state index is 12.5. The molecule has 0 saturated carbocycles. The minimum absolute atomic E-state index is 0.0679. The number of benzene rings is 2. The molecule has 26 heavy (non-hydrogen) atoms. The Morgan fingerprint density at radius 1 is 1.15 bits per heavy atom. The quantitative estimate of drug-likeness (QED) is 0.778. The first kappa shape index (κ1) is 18.1. The average molecular weight is 374 g/mol. The van der Waals surface area contributed by atoms with Crippen LogP contribution in [0.4, 0.5) is 5.69 Å². The van der Waals surface area contributed by atoms with Gasteiger partial charge in [-0.3, -0.25) is 4.79 Å². The van der Waals surface area contributed by atoms with Gasteiger partial charge in [0.2, 0.25) is 15.9 Å². The summed E-state index contributed by atoms with van der Waals surface area (Å²) in [6, 6.07) is 11.1. The lowest BCUT2D eigenvalue weighted by atomic mass is 10.0. The molecule has 2 aromatic carbocycles. The number of anilines is 1. The fourth-order valence-electron chi connectivity index (χ4n) is 2.67. The molecule has 0 saturated heterocycles. The van der Waals surface area contributed by atoms with Gasteiger partial charge in [0.1, 0.15) is 0 Å². The fraction of sp³-hybridized carbons (Fsp3) is 0.222. The second-order valence-electron chi connectivity index (χ2n) is 5.88. The number of aryl methyl sites for hydroxylation is 1. The number of carbonyl (C=O) groups excluding carboxylic acids is 2. The smallest absolute Gasteiger partial charge is 0.337 e. The number of methoxy groups -OCH3 is 1. The molecule has 0 atom stereocenters. The van der Waals surface area contributed by atoms with E-state index in [0.717, 1.165) is 5.56 Å². The lowest BCUT2D eigenvalue weighted by Gasteiger charge is -2.17. The van der Waals surface area contributed by atoms with E-state index in [0.29, 0.717) is 29.7 Å². The number of sulfonamides is 1. The molecule has 2 aromatic rings. The zero-order chi connectivity index (χ0) is 18.7. The highest BCUT2D eigenvalue weighted by Gasteiger charge is 2.19. The molecule has 1 aliphatic rings. The monoisotopic (exact) mass is 374 g/mol. The maximum Gasteiger partial charge on any atom is 0.337 e. The molecule has 0 fully saturated rings. The first-order chi connectivity index (χ1) is 12.4. The summed E-state index contributed by atoms with van der Waals surface area (Å²) in [5, 5.41) is 2.72. The zero-order valence-electron chi connectivity index (χ0n) is 14.1. The molecule has 0 unspecified atom stereocenters. The second kappa shape index (κ2) is 7.27. The highest BCUT2D eigenvalue weighted by molar-refractivity contribution is 7.89. The van der Waals surface area contributed by atoms with Gasteiger partial charge in [-0.1, -0.05) is 12.1 Å². The Morgan fingerprint density at radius 2 is 1.88 bits per heavy atom.